The van der Waals surface area contributed by atoms with Gasteiger partial charge < -0.3 is 0 Å². The Hall–Kier alpha value is 0.580. The maximum Gasteiger partial charge on any atom is 0.293 e. The van der Waals surface area contributed by atoms with E-state index in [1.165, 1.54) is 41.5 Å². The van der Waals surface area contributed by atoms with Crippen molar-refractivity contribution in [2.24, 2.45) is 0 Å². The van der Waals surface area contributed by atoms with Crippen molar-refractivity contribution in [1.29, 1.82) is 0 Å². The molecule has 0 spiro atoms. The first-order valence-electron chi connectivity index (χ1n) is 5.10. The fourth-order valence-corrected chi connectivity index (χ4v) is 12.0. The molecule has 0 radical (unpaired) electrons. The van der Waals surface area contributed by atoms with E-state index in [1.54, 1.807) is 0 Å². The molecular weight excluding hydrogens is 258 g/mol. The molecule has 1 aliphatic heterocycles. The molecule has 1 rings (SSSR count). The average molecular weight is 276 g/mol. The predicted molar refractivity (Wildman–Crippen MR) is 63.2 cm³/mol. The molecule has 0 bridgehead atoms. The number of rotatable bonds is 0. The molecule has 1 aliphatic rings. The molecular formula is C10H18F4P2. The van der Waals surface area contributed by atoms with Crippen LogP contribution in [0.4, 0.5) is 17.6 Å². The Kier molecular flexibility index (Phi) is 3.24. The van der Waals surface area contributed by atoms with E-state index in [2.05, 4.69) is 0 Å². The Morgan fingerprint density at radius 2 is 0.812 bits per heavy atom. The maximum absolute atomic E-state index is 13.9. The van der Waals surface area contributed by atoms with Gasteiger partial charge in [-0.15, -0.1) is 0 Å². The second kappa shape index (κ2) is 3.54. The van der Waals surface area contributed by atoms with E-state index in [0.29, 0.717) is 0 Å². The molecule has 1 fully saturated rings. The summed E-state index contributed by atoms with van der Waals surface area (Å²) in [5, 5.41) is -8.34. The summed E-state index contributed by atoms with van der Waals surface area (Å²) in [5.41, 5.74) is 0. The molecule has 6 heteroatoms. The zero-order chi connectivity index (χ0) is 13.2. The van der Waals surface area contributed by atoms with E-state index < -0.39 is 37.0 Å². The maximum atomic E-state index is 13.9. The first-order valence-corrected chi connectivity index (χ1v) is 7.78. The molecule has 0 saturated carbocycles. The Balaban J connectivity index is 3.15. The van der Waals surface area contributed by atoms with E-state index >= 15 is 0 Å². The monoisotopic (exact) mass is 276 g/mol. The summed E-state index contributed by atoms with van der Waals surface area (Å²) >= 11 is 0. The number of halogens is 4. The second-order valence-corrected chi connectivity index (χ2v) is 13.0. The van der Waals surface area contributed by atoms with Gasteiger partial charge in [0.1, 0.15) is 0 Å². The number of hydrogen-bond donors (Lipinski definition) is 0. The highest BCUT2D eigenvalue weighted by Gasteiger charge is 2.81. The summed E-state index contributed by atoms with van der Waals surface area (Å²) in [4.78, 5) is 0. The lowest BCUT2D eigenvalue weighted by Gasteiger charge is -2.59. The Morgan fingerprint density at radius 1 is 0.625 bits per heavy atom. The quantitative estimate of drug-likeness (QED) is 0.395. The van der Waals surface area contributed by atoms with Gasteiger partial charge >= 0.3 is 0 Å². The Labute approximate surface area is 96.7 Å². The van der Waals surface area contributed by atoms with Gasteiger partial charge in [0.25, 0.3) is 10.8 Å². The summed E-state index contributed by atoms with van der Waals surface area (Å²) < 4.78 is 55.7. The molecule has 0 unspecified atom stereocenters. The molecule has 0 atom stereocenters. The van der Waals surface area contributed by atoms with Gasteiger partial charge in [0.2, 0.25) is 0 Å². The minimum atomic E-state index is -3.16. The van der Waals surface area contributed by atoms with Crippen molar-refractivity contribution in [1.82, 2.24) is 0 Å². The minimum Gasteiger partial charge on any atom is -0.196 e. The summed E-state index contributed by atoms with van der Waals surface area (Å²) in [6.07, 6.45) is 0. The average Bonchev–Trinajstić information content (AvgIpc) is 1.69. The fourth-order valence-electron chi connectivity index (χ4n) is 2.09. The lowest BCUT2D eigenvalue weighted by atomic mass is 10.3. The topological polar surface area (TPSA) is 0 Å². The van der Waals surface area contributed by atoms with Crippen molar-refractivity contribution in [3.05, 3.63) is 0 Å². The van der Waals surface area contributed by atoms with Crippen molar-refractivity contribution in [2.45, 2.75) is 62.7 Å². The third-order valence-corrected chi connectivity index (χ3v) is 9.65. The Bertz CT molecular complexity index is 246. The summed E-state index contributed by atoms with van der Waals surface area (Å²) in [6, 6.07) is 0. The number of hydrogen-bond acceptors (Lipinski definition) is 0. The normalized spacial score (nSPS) is 33.4. The SMILES string of the molecule is CC(C)(C)P1C(F)(F)P(C(C)(C)C)C1(F)F. The smallest absolute Gasteiger partial charge is 0.196 e. The van der Waals surface area contributed by atoms with Gasteiger partial charge in [-0.05, 0) is 10.3 Å². The molecule has 0 aromatic heterocycles. The summed E-state index contributed by atoms with van der Waals surface area (Å²) in [6.45, 7) is 8.89. The summed E-state index contributed by atoms with van der Waals surface area (Å²) in [5.74, 6) is 0. The molecule has 0 N–H and O–H groups in total. The second-order valence-electron chi connectivity index (χ2n) is 6.03. The molecule has 0 amide bonds. The third kappa shape index (κ3) is 2.01. The molecule has 1 heterocycles. The van der Waals surface area contributed by atoms with Crippen LogP contribution in [0.25, 0.3) is 0 Å². The van der Waals surface area contributed by atoms with E-state index in [0.717, 1.165) is 0 Å². The van der Waals surface area contributed by atoms with Crippen LogP contribution < -0.4 is 0 Å². The van der Waals surface area contributed by atoms with Crippen molar-refractivity contribution < 1.29 is 17.6 Å². The van der Waals surface area contributed by atoms with Crippen molar-refractivity contribution in [3.63, 3.8) is 0 Å². The van der Waals surface area contributed by atoms with E-state index in [9.17, 15) is 17.6 Å². The highest BCUT2D eigenvalue weighted by molar-refractivity contribution is 7.95. The van der Waals surface area contributed by atoms with Gasteiger partial charge in [-0.2, -0.15) is 17.6 Å². The van der Waals surface area contributed by atoms with Gasteiger partial charge in [-0.1, -0.05) is 41.5 Å². The Morgan fingerprint density at radius 3 is 0.938 bits per heavy atom. The lowest BCUT2D eigenvalue weighted by Crippen LogP contribution is -2.49. The van der Waals surface area contributed by atoms with E-state index in [1.807, 2.05) is 0 Å². The van der Waals surface area contributed by atoms with Crippen LogP contribution in [-0.2, 0) is 0 Å². The number of alkyl halides is 4. The van der Waals surface area contributed by atoms with Gasteiger partial charge in [0.05, 0.1) is 15.8 Å². The first-order chi connectivity index (χ1) is 6.73. The molecule has 0 aliphatic carbocycles. The fraction of sp³-hybridized carbons (Fsp3) is 1.00. The highest BCUT2D eigenvalue weighted by atomic mass is 31.2. The van der Waals surface area contributed by atoms with Crippen molar-refractivity contribution >= 4 is 15.8 Å². The standard InChI is InChI=1S/C10H18F4P2/c1-7(2,3)15-9(11,12)16(8(4,5)6)10(15,13)14/h1-6H3. The molecule has 0 aromatic carbocycles. The van der Waals surface area contributed by atoms with Gasteiger partial charge in [0.15, 0.2) is 0 Å². The molecule has 96 valence electrons. The van der Waals surface area contributed by atoms with Gasteiger partial charge in [-0.3, -0.25) is 0 Å². The van der Waals surface area contributed by atoms with Crippen LogP contribution in [0.2, 0.25) is 0 Å². The molecule has 0 aromatic rings. The zero-order valence-electron chi connectivity index (χ0n) is 10.4. The summed E-state index contributed by atoms with van der Waals surface area (Å²) in [7, 11) is -5.13. The van der Waals surface area contributed by atoms with Gasteiger partial charge in [-0.25, -0.2) is 0 Å². The third-order valence-electron chi connectivity index (χ3n) is 2.42. The zero-order valence-corrected chi connectivity index (χ0v) is 12.2. The van der Waals surface area contributed by atoms with Crippen LogP contribution in [0.15, 0.2) is 0 Å². The van der Waals surface area contributed by atoms with Crippen LogP contribution in [0.1, 0.15) is 41.5 Å². The van der Waals surface area contributed by atoms with Crippen LogP contribution in [-0.4, -0.2) is 21.1 Å². The van der Waals surface area contributed by atoms with E-state index in [4.69, 9.17) is 0 Å². The van der Waals surface area contributed by atoms with Crippen LogP contribution in [0.3, 0.4) is 0 Å². The van der Waals surface area contributed by atoms with Crippen LogP contribution >= 0.6 is 15.8 Å². The van der Waals surface area contributed by atoms with Crippen molar-refractivity contribution in [3.8, 4) is 0 Å². The minimum absolute atomic E-state index is 1.01. The van der Waals surface area contributed by atoms with Crippen LogP contribution in [0, 0.1) is 0 Å². The van der Waals surface area contributed by atoms with Gasteiger partial charge in [0, 0.05) is 0 Å². The van der Waals surface area contributed by atoms with Crippen molar-refractivity contribution in [2.75, 3.05) is 0 Å². The molecule has 16 heavy (non-hydrogen) atoms. The molecule has 0 nitrogen and oxygen atoms in total. The largest absolute Gasteiger partial charge is 0.293 e. The lowest BCUT2D eigenvalue weighted by molar-refractivity contribution is 0.0990. The first kappa shape index (κ1) is 14.6. The van der Waals surface area contributed by atoms with E-state index in [-0.39, 0.29) is 0 Å². The molecule has 1 saturated heterocycles. The van der Waals surface area contributed by atoms with Crippen LogP contribution in [0.5, 0.6) is 0 Å². The predicted octanol–water partition coefficient (Wildman–Crippen LogP) is 5.66. The highest BCUT2D eigenvalue weighted by Crippen LogP contribution is 2.99.